The summed E-state index contributed by atoms with van der Waals surface area (Å²) in [5.74, 6) is -3.61. The number of hydrogen-bond donors (Lipinski definition) is 3. The second kappa shape index (κ2) is 20.5. The van der Waals surface area contributed by atoms with Gasteiger partial charge in [-0.1, -0.05) is 18.2 Å². The maximum atomic E-state index is 15.9. The number of aromatic nitrogens is 1. The van der Waals surface area contributed by atoms with Crippen LogP contribution in [0.3, 0.4) is 0 Å². The minimum absolute atomic E-state index is 0.0101. The predicted octanol–water partition coefficient (Wildman–Crippen LogP) is 6.09. The monoisotopic (exact) mass is 924 g/mol. The molecule has 0 spiro atoms. The number of benzene rings is 3. The molecule has 3 N–H and O–H groups in total. The van der Waals surface area contributed by atoms with Crippen LogP contribution in [-0.2, 0) is 17.9 Å². The number of pyridine rings is 1. The Morgan fingerprint density at radius 1 is 0.925 bits per heavy atom. The molecule has 17 nitrogen and oxygen atoms in total. The molecule has 0 saturated carbocycles. The molecular weight excluding hydrogens is 874 g/mol. The topological polar surface area (TPSA) is 197 Å². The summed E-state index contributed by atoms with van der Waals surface area (Å²) in [5.41, 5.74) is 2.37. The van der Waals surface area contributed by atoms with E-state index < -0.39 is 48.1 Å². The first-order chi connectivity index (χ1) is 32.2. The van der Waals surface area contributed by atoms with E-state index in [2.05, 4.69) is 15.6 Å². The Labute approximate surface area is 385 Å². The quantitative estimate of drug-likeness (QED) is 0.0793. The molecule has 352 valence electrons. The molecule has 0 aliphatic carbocycles. The average molecular weight is 925 g/mol. The summed E-state index contributed by atoms with van der Waals surface area (Å²) in [7, 11) is 3.12. The molecule has 1 atom stereocenters. The number of halogens is 3. The van der Waals surface area contributed by atoms with Gasteiger partial charge in [0.2, 0.25) is 5.91 Å². The highest BCUT2D eigenvalue weighted by Crippen LogP contribution is 2.36. The van der Waals surface area contributed by atoms with Crippen LogP contribution in [0, 0.1) is 22.6 Å². The third-order valence-corrected chi connectivity index (χ3v) is 11.9. The number of likely N-dealkylation sites (tertiary alicyclic amines) is 1. The average Bonchev–Trinajstić information content (AvgIpc) is 3.54. The van der Waals surface area contributed by atoms with Crippen molar-refractivity contribution >= 4 is 41.1 Å². The number of alkyl halides is 2. The number of nitriles is 1. The summed E-state index contributed by atoms with van der Waals surface area (Å²) in [5, 5.41) is 20.9. The van der Waals surface area contributed by atoms with Gasteiger partial charge in [0.05, 0.1) is 50.0 Å². The van der Waals surface area contributed by atoms with Gasteiger partial charge in [0, 0.05) is 89.7 Å². The van der Waals surface area contributed by atoms with E-state index in [0.29, 0.717) is 73.6 Å². The lowest BCUT2D eigenvalue weighted by atomic mass is 9.97. The van der Waals surface area contributed by atoms with Crippen molar-refractivity contribution in [2.45, 2.75) is 51.7 Å². The summed E-state index contributed by atoms with van der Waals surface area (Å²) in [6.45, 7) is 5.63. The molecular formula is C47H51F3N10O7. The molecule has 1 unspecified atom stereocenters. The molecule has 3 saturated heterocycles. The third kappa shape index (κ3) is 10.4. The van der Waals surface area contributed by atoms with Gasteiger partial charge in [0.25, 0.3) is 17.7 Å². The van der Waals surface area contributed by atoms with Crippen molar-refractivity contribution in [1.29, 1.82) is 10.7 Å². The smallest absolute Gasteiger partial charge is 0.329 e. The Morgan fingerprint density at radius 3 is 2.28 bits per heavy atom. The van der Waals surface area contributed by atoms with Crippen molar-refractivity contribution in [3.8, 4) is 29.1 Å². The zero-order valence-corrected chi connectivity index (χ0v) is 37.5. The van der Waals surface area contributed by atoms with Gasteiger partial charge >= 0.3 is 6.03 Å². The van der Waals surface area contributed by atoms with Crippen molar-refractivity contribution in [3.63, 3.8) is 0 Å². The highest BCUT2D eigenvalue weighted by atomic mass is 19.3. The van der Waals surface area contributed by atoms with Gasteiger partial charge < -0.3 is 24.4 Å². The van der Waals surface area contributed by atoms with Crippen LogP contribution in [0.4, 0.5) is 29.5 Å². The van der Waals surface area contributed by atoms with Crippen LogP contribution in [0.15, 0.2) is 66.9 Å². The molecule has 3 fully saturated rings. The first-order valence-electron chi connectivity index (χ1n) is 21.7. The number of anilines is 2. The molecule has 0 radical (unpaired) electrons. The molecule has 5 amide bonds. The highest BCUT2D eigenvalue weighted by Gasteiger charge is 2.48. The van der Waals surface area contributed by atoms with E-state index in [0.717, 1.165) is 16.5 Å². The summed E-state index contributed by atoms with van der Waals surface area (Å²) < 4.78 is 63.9. The van der Waals surface area contributed by atoms with Crippen LogP contribution in [0.2, 0.25) is 0 Å². The first-order valence-corrected chi connectivity index (χ1v) is 21.7. The summed E-state index contributed by atoms with van der Waals surface area (Å²) in [6.07, 6.45) is 1.70. The van der Waals surface area contributed by atoms with Gasteiger partial charge in [-0.3, -0.25) is 44.7 Å². The van der Waals surface area contributed by atoms with Crippen molar-refractivity contribution in [1.82, 2.24) is 29.9 Å². The number of amidine groups is 1. The number of hydrogen-bond acceptors (Lipinski definition) is 14. The Morgan fingerprint density at radius 2 is 1.63 bits per heavy atom. The van der Waals surface area contributed by atoms with E-state index in [1.807, 2.05) is 16.7 Å². The van der Waals surface area contributed by atoms with Crippen molar-refractivity contribution in [3.05, 3.63) is 100 Å². The molecule has 20 heteroatoms. The number of rotatable bonds is 13. The summed E-state index contributed by atoms with van der Waals surface area (Å²) >= 11 is 0. The number of nitrogens with one attached hydrogen (secondary N) is 3. The third-order valence-electron chi connectivity index (χ3n) is 11.9. The molecule has 3 aromatic carbocycles. The second-order valence-corrected chi connectivity index (χ2v) is 16.2. The minimum Gasteiger partial charge on any atom is -0.493 e. The molecule has 4 aliphatic rings. The molecule has 0 bridgehead atoms. The Kier molecular flexibility index (Phi) is 14.6. The molecule has 1 aromatic heterocycles. The van der Waals surface area contributed by atoms with E-state index in [1.165, 1.54) is 31.2 Å². The Balaban J connectivity index is 0.00000216. The number of piperazine rings is 1. The van der Waals surface area contributed by atoms with Gasteiger partial charge in [0.1, 0.15) is 17.4 Å². The van der Waals surface area contributed by atoms with Crippen LogP contribution >= 0.6 is 0 Å². The molecule has 4 aliphatic heterocycles. The summed E-state index contributed by atoms with van der Waals surface area (Å²) in [6, 6.07) is 16.1. The first kappa shape index (κ1) is 47.7. The number of methoxy groups -OCH3 is 1. The van der Waals surface area contributed by atoms with Gasteiger partial charge in [-0.25, -0.2) is 22.9 Å². The molecule has 4 aromatic rings. The molecule has 8 rings (SSSR count). The van der Waals surface area contributed by atoms with E-state index in [9.17, 15) is 19.2 Å². The van der Waals surface area contributed by atoms with Gasteiger partial charge in [0.15, 0.2) is 23.1 Å². The molecule has 67 heavy (non-hydrogen) atoms. The van der Waals surface area contributed by atoms with Gasteiger partial charge in [-0.2, -0.15) is 5.26 Å². The molecule has 5 heterocycles. The normalized spacial score (nSPS) is 18.4. The Bertz CT molecular complexity index is 2580. The number of carbonyl (C=O) groups excluding carboxylic acids is 4. The maximum Gasteiger partial charge on any atom is 0.329 e. The van der Waals surface area contributed by atoms with Crippen molar-refractivity contribution in [2.24, 2.45) is 0 Å². The van der Waals surface area contributed by atoms with Crippen LogP contribution in [0.1, 0.15) is 64.1 Å². The number of urea groups is 1. The highest BCUT2D eigenvalue weighted by molar-refractivity contribution is 6.21. The fourth-order valence-electron chi connectivity index (χ4n) is 8.61. The van der Waals surface area contributed by atoms with Crippen molar-refractivity contribution in [2.75, 3.05) is 76.8 Å². The largest absolute Gasteiger partial charge is 0.493 e. The van der Waals surface area contributed by atoms with Crippen LogP contribution in [0.25, 0.3) is 0 Å². The van der Waals surface area contributed by atoms with Crippen LogP contribution in [0.5, 0.6) is 23.0 Å². The number of piperidine rings is 1. The zero-order valence-electron chi connectivity index (χ0n) is 37.5. The second-order valence-electron chi connectivity index (χ2n) is 16.2. The summed E-state index contributed by atoms with van der Waals surface area (Å²) in [4.78, 5) is 62.9. The number of amides is 5. The van der Waals surface area contributed by atoms with E-state index >= 15 is 13.2 Å². The number of nitrogens with zero attached hydrogens (tertiary/aromatic N) is 7. The van der Waals surface area contributed by atoms with E-state index in [1.54, 1.807) is 66.5 Å². The van der Waals surface area contributed by atoms with Gasteiger partial charge in [-0.05, 0) is 60.9 Å². The van der Waals surface area contributed by atoms with E-state index in [4.69, 9.17) is 24.9 Å². The minimum atomic E-state index is -2.99. The predicted molar refractivity (Wildman–Crippen MR) is 240 cm³/mol. The van der Waals surface area contributed by atoms with Gasteiger partial charge in [-0.15, -0.1) is 0 Å². The van der Waals surface area contributed by atoms with Crippen LogP contribution in [-0.4, -0.2) is 133 Å². The Hall–Kier alpha value is -7.24. The lowest BCUT2D eigenvalue weighted by Gasteiger charge is -2.46. The van der Waals surface area contributed by atoms with Crippen molar-refractivity contribution < 1.29 is 46.6 Å². The zero-order chi connectivity index (χ0) is 48.0. The number of carbonyl (C=O) groups is 4. The number of fused-ring (bicyclic) bond motifs is 1. The standard InChI is InChI=1S/C45H48F3N9O7.C2H3N/c1-4-63-37-19-28(7-10-35(37)62-3)25-57-42(59)30-21-39(51-23-32(30)43(57)60)55-17-15-54(16-18-55)38-11-13-53(26-45(38,47)48)24-27-5-8-29(9-6-27)64-36-22-34(50-2)31(20-33(36)46)41(49)56-14-12-40(58)52-44(56)61;1-2-3/h5-10,19-23,38,49-50H,4,11-18,24-26H2,1-3H3,(H,52,58,61);1H3. The van der Waals surface area contributed by atoms with E-state index in [-0.39, 0.29) is 60.8 Å². The van der Waals surface area contributed by atoms with Crippen LogP contribution < -0.4 is 29.7 Å². The number of ether oxygens (including phenoxy) is 3. The number of imide groups is 2. The maximum absolute atomic E-state index is 15.9. The lowest BCUT2D eigenvalue weighted by Crippen LogP contribution is -2.61. The SMILES string of the molecule is CC#N.CCOc1cc(CN2C(=O)c3cnc(N4CCN(C5CCN(Cc6ccc(Oc7cc(NC)c(C(=N)N8CCC(=O)NC8=O)cc7F)cc6)CC5(F)F)CC4)cc3C2=O)ccc1OC. The fourth-order valence-corrected chi connectivity index (χ4v) is 8.61. The fraction of sp³-hybridized carbons (Fsp3) is 0.383. The lowest BCUT2D eigenvalue weighted by molar-refractivity contribution is -0.129.